The van der Waals surface area contributed by atoms with Crippen LogP contribution in [0.2, 0.25) is 0 Å². The highest BCUT2D eigenvalue weighted by Crippen LogP contribution is 2.35. The molecular formula is C19H21N3O4. The zero-order valence-electron chi connectivity index (χ0n) is 15.0. The number of carbonyl (C=O) groups is 1. The third kappa shape index (κ3) is 3.25. The lowest BCUT2D eigenvalue weighted by Gasteiger charge is -2.31. The zero-order valence-corrected chi connectivity index (χ0v) is 15.0. The van der Waals surface area contributed by atoms with Gasteiger partial charge in [0, 0.05) is 30.1 Å². The van der Waals surface area contributed by atoms with Crippen LogP contribution in [0.15, 0.2) is 47.8 Å². The zero-order chi connectivity index (χ0) is 18.7. The van der Waals surface area contributed by atoms with E-state index in [1.54, 1.807) is 63.9 Å². The van der Waals surface area contributed by atoms with Crippen molar-refractivity contribution in [3.63, 3.8) is 0 Å². The molecule has 1 N–H and O–H groups in total. The second kappa shape index (κ2) is 7.13. The first-order valence-corrected chi connectivity index (χ1v) is 8.19. The Balaban J connectivity index is 1.86. The molecule has 2 aromatic rings. The molecule has 0 saturated heterocycles. The number of aromatic nitrogens is 1. The van der Waals surface area contributed by atoms with Gasteiger partial charge in [0.15, 0.2) is 17.2 Å². The standard InChI is InChI=1S/C19H21N3O4/c1-13-11-19(24,15-5-4-8-20-12-15)22(21-13)18(23)10-14-6-7-16(25-2)17(9-14)26-3/h4-9,12,24H,10-11H2,1-3H3/t19-/m1/s1. The highest BCUT2D eigenvalue weighted by atomic mass is 16.5. The van der Waals surface area contributed by atoms with Gasteiger partial charge in [-0.05, 0) is 30.7 Å². The van der Waals surface area contributed by atoms with Gasteiger partial charge in [0.25, 0.3) is 0 Å². The predicted molar refractivity (Wildman–Crippen MR) is 96.0 cm³/mol. The number of hydrazone groups is 1. The summed E-state index contributed by atoms with van der Waals surface area (Å²) in [5.41, 5.74) is 0.422. The van der Waals surface area contributed by atoms with E-state index in [2.05, 4.69) is 10.1 Å². The normalized spacial score (nSPS) is 19.2. The molecule has 1 aliphatic rings. The summed E-state index contributed by atoms with van der Waals surface area (Å²) >= 11 is 0. The van der Waals surface area contributed by atoms with E-state index >= 15 is 0 Å². The van der Waals surface area contributed by atoms with Crippen molar-refractivity contribution in [2.45, 2.75) is 25.5 Å². The van der Waals surface area contributed by atoms with Crippen LogP contribution < -0.4 is 9.47 Å². The Morgan fingerprint density at radius 2 is 2.04 bits per heavy atom. The smallest absolute Gasteiger partial charge is 0.250 e. The van der Waals surface area contributed by atoms with Crippen molar-refractivity contribution in [2.75, 3.05) is 14.2 Å². The Morgan fingerprint density at radius 1 is 1.27 bits per heavy atom. The quantitative estimate of drug-likeness (QED) is 0.888. The average molecular weight is 355 g/mol. The fraction of sp³-hybridized carbons (Fsp3) is 0.316. The Morgan fingerprint density at radius 3 is 2.69 bits per heavy atom. The van der Waals surface area contributed by atoms with Gasteiger partial charge < -0.3 is 14.6 Å². The minimum Gasteiger partial charge on any atom is -0.493 e. The number of rotatable bonds is 5. The molecule has 1 aromatic heterocycles. The molecule has 136 valence electrons. The predicted octanol–water partition coefficient (Wildman–Crippen LogP) is 2.09. The molecule has 0 spiro atoms. The first kappa shape index (κ1) is 17.9. The van der Waals surface area contributed by atoms with Gasteiger partial charge in [0.1, 0.15) is 0 Å². The molecule has 0 fully saturated rings. The highest BCUT2D eigenvalue weighted by Gasteiger charge is 2.44. The second-order valence-corrected chi connectivity index (χ2v) is 6.14. The number of methoxy groups -OCH3 is 2. The summed E-state index contributed by atoms with van der Waals surface area (Å²) in [6.07, 6.45) is 3.48. The monoisotopic (exact) mass is 355 g/mol. The fourth-order valence-electron chi connectivity index (χ4n) is 3.05. The number of ether oxygens (including phenoxy) is 2. The molecule has 0 saturated carbocycles. The van der Waals surface area contributed by atoms with Crippen LogP contribution in [0.4, 0.5) is 0 Å². The number of nitrogens with zero attached hydrogens (tertiary/aromatic N) is 3. The molecule has 0 radical (unpaired) electrons. The van der Waals surface area contributed by atoms with Crippen LogP contribution in [-0.4, -0.2) is 40.9 Å². The molecule has 0 aliphatic carbocycles. The summed E-state index contributed by atoms with van der Waals surface area (Å²) in [6.45, 7) is 1.78. The number of aliphatic hydroxyl groups is 1. The molecule has 2 heterocycles. The number of hydrogen-bond acceptors (Lipinski definition) is 6. The van der Waals surface area contributed by atoms with Gasteiger partial charge in [-0.2, -0.15) is 10.1 Å². The molecule has 0 unspecified atom stereocenters. The molecule has 3 rings (SSSR count). The van der Waals surface area contributed by atoms with Gasteiger partial charge in [-0.25, -0.2) is 0 Å². The average Bonchev–Trinajstić information content (AvgIpc) is 2.98. The van der Waals surface area contributed by atoms with Crippen LogP contribution in [0.1, 0.15) is 24.5 Å². The molecule has 26 heavy (non-hydrogen) atoms. The van der Waals surface area contributed by atoms with Crippen molar-refractivity contribution < 1.29 is 19.4 Å². The van der Waals surface area contributed by atoms with E-state index in [1.807, 2.05) is 0 Å². The van der Waals surface area contributed by atoms with Gasteiger partial charge in [0.05, 0.1) is 20.6 Å². The maximum absolute atomic E-state index is 12.9. The molecular weight excluding hydrogens is 334 g/mol. The highest BCUT2D eigenvalue weighted by molar-refractivity contribution is 5.89. The van der Waals surface area contributed by atoms with E-state index in [0.717, 1.165) is 10.6 Å². The lowest BCUT2D eigenvalue weighted by Crippen LogP contribution is -2.44. The second-order valence-electron chi connectivity index (χ2n) is 6.14. The van der Waals surface area contributed by atoms with Gasteiger partial charge in [-0.15, -0.1) is 0 Å². The summed E-state index contributed by atoms with van der Waals surface area (Å²) in [7, 11) is 3.09. The summed E-state index contributed by atoms with van der Waals surface area (Å²) in [5.74, 6) is 0.812. The molecule has 1 atom stereocenters. The van der Waals surface area contributed by atoms with Crippen molar-refractivity contribution in [3.8, 4) is 11.5 Å². The third-order valence-corrected chi connectivity index (χ3v) is 4.29. The first-order chi connectivity index (χ1) is 12.5. The van der Waals surface area contributed by atoms with Crippen LogP contribution in [0.3, 0.4) is 0 Å². The number of benzene rings is 1. The van der Waals surface area contributed by atoms with Gasteiger partial charge in [-0.1, -0.05) is 12.1 Å². The summed E-state index contributed by atoms with van der Waals surface area (Å²) < 4.78 is 10.5. The molecule has 7 heteroatoms. The van der Waals surface area contributed by atoms with Crippen LogP contribution in [0, 0.1) is 0 Å². The van der Waals surface area contributed by atoms with Crippen LogP contribution in [-0.2, 0) is 16.9 Å². The third-order valence-electron chi connectivity index (χ3n) is 4.29. The van der Waals surface area contributed by atoms with E-state index in [4.69, 9.17) is 9.47 Å². The largest absolute Gasteiger partial charge is 0.493 e. The maximum Gasteiger partial charge on any atom is 0.250 e. The summed E-state index contributed by atoms with van der Waals surface area (Å²) in [6, 6.07) is 8.73. The Bertz CT molecular complexity index is 838. The molecule has 0 bridgehead atoms. The van der Waals surface area contributed by atoms with Crippen molar-refractivity contribution in [1.29, 1.82) is 0 Å². The number of pyridine rings is 1. The molecule has 1 amide bonds. The number of hydrogen-bond donors (Lipinski definition) is 1. The SMILES string of the molecule is COc1ccc(CC(=O)N2N=C(C)C[C@@]2(O)c2cccnc2)cc1OC. The number of carbonyl (C=O) groups excluding carboxylic acids is 1. The Kier molecular flexibility index (Phi) is 4.90. The maximum atomic E-state index is 12.9. The van der Waals surface area contributed by atoms with Crippen LogP contribution in [0.5, 0.6) is 11.5 Å². The van der Waals surface area contributed by atoms with E-state index in [1.165, 1.54) is 0 Å². The van der Waals surface area contributed by atoms with Gasteiger partial charge in [-0.3, -0.25) is 9.78 Å². The van der Waals surface area contributed by atoms with E-state index in [9.17, 15) is 9.90 Å². The molecule has 7 nitrogen and oxygen atoms in total. The van der Waals surface area contributed by atoms with E-state index in [0.29, 0.717) is 22.8 Å². The van der Waals surface area contributed by atoms with Crippen molar-refractivity contribution in [2.24, 2.45) is 5.10 Å². The Labute approximate surface area is 151 Å². The van der Waals surface area contributed by atoms with Crippen molar-refractivity contribution >= 4 is 11.6 Å². The number of amides is 1. The lowest BCUT2D eigenvalue weighted by atomic mass is 9.99. The molecule has 1 aromatic carbocycles. The van der Waals surface area contributed by atoms with Crippen molar-refractivity contribution in [3.05, 3.63) is 53.9 Å². The van der Waals surface area contributed by atoms with Crippen LogP contribution >= 0.6 is 0 Å². The first-order valence-electron chi connectivity index (χ1n) is 8.19. The van der Waals surface area contributed by atoms with Gasteiger partial charge >= 0.3 is 0 Å². The Hall–Kier alpha value is -2.93. The minimum absolute atomic E-state index is 0.0692. The summed E-state index contributed by atoms with van der Waals surface area (Å²) in [5, 5.41) is 16.5. The van der Waals surface area contributed by atoms with Crippen molar-refractivity contribution in [1.82, 2.24) is 9.99 Å². The van der Waals surface area contributed by atoms with Crippen LogP contribution in [0.25, 0.3) is 0 Å². The summed E-state index contributed by atoms with van der Waals surface area (Å²) in [4.78, 5) is 16.9. The fourth-order valence-corrected chi connectivity index (χ4v) is 3.05. The van der Waals surface area contributed by atoms with Gasteiger partial charge in [0.2, 0.25) is 5.91 Å². The van der Waals surface area contributed by atoms with E-state index in [-0.39, 0.29) is 18.7 Å². The minimum atomic E-state index is -1.52. The lowest BCUT2D eigenvalue weighted by molar-refractivity contribution is -0.157. The topological polar surface area (TPSA) is 84.2 Å². The molecule has 1 aliphatic heterocycles. The van der Waals surface area contributed by atoms with E-state index < -0.39 is 5.72 Å².